The lowest BCUT2D eigenvalue weighted by molar-refractivity contribution is -0.132. The van der Waals surface area contributed by atoms with Crippen LogP contribution in [0.3, 0.4) is 0 Å². The lowest BCUT2D eigenvalue weighted by atomic mass is 9.85. The summed E-state index contributed by atoms with van der Waals surface area (Å²) in [5.41, 5.74) is 5.26. The summed E-state index contributed by atoms with van der Waals surface area (Å²) in [5, 5.41) is 13.0. The van der Waals surface area contributed by atoms with Gasteiger partial charge in [0.25, 0.3) is 5.91 Å². The van der Waals surface area contributed by atoms with Crippen molar-refractivity contribution in [3.63, 3.8) is 0 Å². The number of benzene rings is 3. The quantitative estimate of drug-likeness (QED) is 0.403. The van der Waals surface area contributed by atoms with E-state index in [0.29, 0.717) is 17.7 Å². The summed E-state index contributed by atoms with van der Waals surface area (Å²) in [6.07, 6.45) is 0. The number of fused-ring (bicyclic) bond motifs is 2. The SMILES string of the molecule is Cc1ccc(CN2C(=O)C(O)(c3c(C)[nH]c4ccccc34)c3cc(Br)ccc32)c(C)c1. The monoisotopic (exact) mass is 474 g/mol. The molecular formula is C26H23BrN2O2. The van der Waals surface area contributed by atoms with Crippen molar-refractivity contribution in [2.24, 2.45) is 0 Å². The minimum absolute atomic E-state index is 0.326. The molecule has 0 saturated heterocycles. The molecule has 0 fully saturated rings. The molecule has 0 bridgehead atoms. The molecule has 1 unspecified atom stereocenters. The number of carbonyl (C=O) groups excluding carboxylic acids is 1. The maximum Gasteiger partial charge on any atom is 0.268 e. The number of carbonyl (C=O) groups is 1. The number of hydrogen-bond acceptors (Lipinski definition) is 2. The molecule has 31 heavy (non-hydrogen) atoms. The van der Waals surface area contributed by atoms with Crippen LogP contribution in [0, 0.1) is 20.8 Å². The van der Waals surface area contributed by atoms with Gasteiger partial charge in [0.1, 0.15) is 0 Å². The highest BCUT2D eigenvalue weighted by Gasteiger charge is 2.53. The molecule has 4 aromatic rings. The molecule has 2 N–H and O–H groups in total. The van der Waals surface area contributed by atoms with Gasteiger partial charge in [0, 0.05) is 32.2 Å². The zero-order chi connectivity index (χ0) is 21.9. The van der Waals surface area contributed by atoms with Crippen molar-refractivity contribution in [2.45, 2.75) is 32.9 Å². The van der Waals surface area contributed by atoms with Gasteiger partial charge in [-0.2, -0.15) is 0 Å². The molecule has 5 heteroatoms. The number of nitrogens with zero attached hydrogens (tertiary/aromatic N) is 1. The van der Waals surface area contributed by atoms with Gasteiger partial charge in [-0.3, -0.25) is 4.79 Å². The number of halogens is 1. The van der Waals surface area contributed by atoms with Crippen molar-refractivity contribution < 1.29 is 9.90 Å². The van der Waals surface area contributed by atoms with Gasteiger partial charge in [0.2, 0.25) is 0 Å². The minimum atomic E-state index is -1.76. The Bertz CT molecular complexity index is 1360. The summed E-state index contributed by atoms with van der Waals surface area (Å²) in [5.74, 6) is -0.326. The van der Waals surface area contributed by atoms with E-state index in [9.17, 15) is 9.90 Å². The minimum Gasteiger partial charge on any atom is -0.372 e. The fourth-order valence-electron chi connectivity index (χ4n) is 4.79. The van der Waals surface area contributed by atoms with Gasteiger partial charge in [0.05, 0.1) is 12.2 Å². The van der Waals surface area contributed by atoms with Gasteiger partial charge < -0.3 is 15.0 Å². The second-order valence-electron chi connectivity index (χ2n) is 8.36. The fourth-order valence-corrected chi connectivity index (χ4v) is 5.15. The summed E-state index contributed by atoms with van der Waals surface area (Å²) in [6, 6.07) is 19.7. The molecule has 0 aliphatic carbocycles. The van der Waals surface area contributed by atoms with Gasteiger partial charge in [-0.05, 0) is 56.2 Å². The molecule has 0 saturated carbocycles. The lowest BCUT2D eigenvalue weighted by Crippen LogP contribution is -2.41. The maximum atomic E-state index is 13.9. The van der Waals surface area contributed by atoms with Crippen molar-refractivity contribution in [1.29, 1.82) is 0 Å². The van der Waals surface area contributed by atoms with Crippen molar-refractivity contribution in [3.8, 4) is 0 Å². The fraction of sp³-hybridized carbons (Fsp3) is 0.192. The first kappa shape index (κ1) is 20.0. The number of aryl methyl sites for hydroxylation is 3. The highest BCUT2D eigenvalue weighted by molar-refractivity contribution is 9.10. The number of rotatable bonds is 3. The third kappa shape index (κ3) is 2.95. The molecule has 1 aliphatic heterocycles. The molecular weight excluding hydrogens is 452 g/mol. The van der Waals surface area contributed by atoms with E-state index in [1.54, 1.807) is 4.90 Å². The zero-order valence-electron chi connectivity index (χ0n) is 17.7. The van der Waals surface area contributed by atoms with E-state index in [0.717, 1.165) is 37.9 Å². The highest BCUT2D eigenvalue weighted by Crippen LogP contribution is 2.48. The highest BCUT2D eigenvalue weighted by atomic mass is 79.9. The van der Waals surface area contributed by atoms with E-state index in [2.05, 4.69) is 53.0 Å². The predicted molar refractivity (Wildman–Crippen MR) is 127 cm³/mol. The molecule has 1 atom stereocenters. The number of nitrogens with one attached hydrogen (secondary N) is 1. The Kier molecular flexibility index (Phi) is 4.57. The van der Waals surface area contributed by atoms with E-state index in [1.165, 1.54) is 5.56 Å². The van der Waals surface area contributed by atoms with E-state index in [1.807, 2.05) is 49.4 Å². The first-order chi connectivity index (χ1) is 14.8. The van der Waals surface area contributed by atoms with Crippen LogP contribution in [0.4, 0.5) is 5.69 Å². The standard InChI is InChI=1S/C26H23BrN2O2/c1-15-8-9-18(16(2)12-15)14-29-23-11-10-19(27)13-21(23)26(31,25(29)30)24-17(3)28-22-7-5-4-6-20(22)24/h4-13,28,31H,14H2,1-3H3. The van der Waals surface area contributed by atoms with Crippen LogP contribution in [0.2, 0.25) is 0 Å². The van der Waals surface area contributed by atoms with E-state index in [4.69, 9.17) is 0 Å². The zero-order valence-corrected chi connectivity index (χ0v) is 19.2. The second-order valence-corrected chi connectivity index (χ2v) is 9.28. The molecule has 0 radical (unpaired) electrons. The molecule has 3 aromatic carbocycles. The van der Waals surface area contributed by atoms with Crippen molar-refractivity contribution in [1.82, 2.24) is 4.98 Å². The van der Waals surface area contributed by atoms with E-state index >= 15 is 0 Å². The Morgan fingerprint density at radius 2 is 1.81 bits per heavy atom. The van der Waals surface area contributed by atoms with Crippen LogP contribution in [0.1, 0.15) is 33.5 Å². The number of amides is 1. The number of H-pyrrole nitrogens is 1. The van der Waals surface area contributed by atoms with E-state index in [-0.39, 0.29) is 5.91 Å². The molecule has 1 amide bonds. The first-order valence-electron chi connectivity index (χ1n) is 10.3. The Labute approximate surface area is 189 Å². The van der Waals surface area contributed by atoms with Crippen LogP contribution in [-0.2, 0) is 16.9 Å². The Balaban J connectivity index is 1.71. The summed E-state index contributed by atoms with van der Waals surface area (Å²) < 4.78 is 0.823. The normalized spacial score (nSPS) is 18.1. The molecule has 0 spiro atoms. The summed E-state index contributed by atoms with van der Waals surface area (Å²) >= 11 is 3.53. The molecule has 4 nitrogen and oxygen atoms in total. The Hall–Kier alpha value is -2.89. The summed E-state index contributed by atoms with van der Waals surface area (Å²) in [7, 11) is 0. The Morgan fingerprint density at radius 1 is 1.03 bits per heavy atom. The largest absolute Gasteiger partial charge is 0.372 e. The van der Waals surface area contributed by atoms with Crippen LogP contribution in [0.25, 0.3) is 10.9 Å². The van der Waals surface area contributed by atoms with Crippen molar-refractivity contribution in [3.05, 3.63) is 98.6 Å². The second kappa shape index (κ2) is 7.08. The van der Waals surface area contributed by atoms with Crippen LogP contribution in [0.5, 0.6) is 0 Å². The topological polar surface area (TPSA) is 56.3 Å². The smallest absolute Gasteiger partial charge is 0.268 e. The number of aromatic nitrogens is 1. The van der Waals surface area contributed by atoms with Gasteiger partial charge in [-0.1, -0.05) is 57.9 Å². The maximum absolute atomic E-state index is 13.9. The number of aliphatic hydroxyl groups is 1. The Morgan fingerprint density at radius 3 is 2.58 bits per heavy atom. The van der Waals surface area contributed by atoms with E-state index < -0.39 is 5.60 Å². The molecule has 156 valence electrons. The molecule has 1 aromatic heterocycles. The lowest BCUT2D eigenvalue weighted by Gasteiger charge is -2.24. The van der Waals surface area contributed by atoms with Crippen molar-refractivity contribution >= 4 is 38.4 Å². The summed E-state index contributed by atoms with van der Waals surface area (Å²) in [4.78, 5) is 19.0. The number of hydrogen-bond donors (Lipinski definition) is 2. The number of para-hydroxylation sites is 1. The molecule has 1 aliphatic rings. The molecule has 2 heterocycles. The van der Waals surface area contributed by atoms with Gasteiger partial charge in [-0.15, -0.1) is 0 Å². The van der Waals surface area contributed by atoms with Crippen molar-refractivity contribution in [2.75, 3.05) is 4.90 Å². The number of aromatic amines is 1. The predicted octanol–water partition coefficient (Wildman–Crippen LogP) is 5.64. The van der Waals surface area contributed by atoms with Gasteiger partial charge in [-0.25, -0.2) is 0 Å². The van der Waals surface area contributed by atoms with Crippen LogP contribution in [0.15, 0.2) is 65.1 Å². The first-order valence-corrected chi connectivity index (χ1v) is 11.1. The van der Waals surface area contributed by atoms with Gasteiger partial charge >= 0.3 is 0 Å². The third-order valence-corrected chi connectivity index (χ3v) is 6.77. The van der Waals surface area contributed by atoms with Crippen LogP contribution in [-0.4, -0.2) is 16.0 Å². The summed E-state index contributed by atoms with van der Waals surface area (Å²) in [6.45, 7) is 6.43. The van der Waals surface area contributed by atoms with Gasteiger partial charge in [0.15, 0.2) is 5.60 Å². The van der Waals surface area contributed by atoms with Crippen LogP contribution < -0.4 is 4.90 Å². The number of anilines is 1. The molecule has 5 rings (SSSR count). The third-order valence-electron chi connectivity index (χ3n) is 6.28. The van der Waals surface area contributed by atoms with Crippen LogP contribution >= 0.6 is 15.9 Å². The average molecular weight is 475 g/mol. The average Bonchev–Trinajstić information content (AvgIpc) is 3.17.